The minimum Gasteiger partial charge on any atom is -0.508 e. The highest BCUT2D eigenvalue weighted by atomic mass is 16.5. The molecule has 1 aromatic rings. The van der Waals surface area contributed by atoms with Crippen LogP contribution in [0.3, 0.4) is 0 Å². The maximum absolute atomic E-state index is 12.1. The Hall–Kier alpha value is -1.51. The number of rotatable bonds is 2. The minimum atomic E-state index is -0.270. The molecule has 2 bridgehead atoms. The van der Waals surface area contributed by atoms with Gasteiger partial charge in [-0.05, 0) is 54.9 Å². The Bertz CT molecular complexity index is 489. The molecular weight excluding hydrogens is 240 g/mol. The molecule has 1 aromatic carbocycles. The molecule has 0 saturated heterocycles. The lowest BCUT2D eigenvalue weighted by molar-refractivity contribution is 0.0112. The lowest BCUT2D eigenvalue weighted by Crippen LogP contribution is -2.27. The number of hydrogen-bond acceptors (Lipinski definition) is 3. The summed E-state index contributed by atoms with van der Waals surface area (Å²) in [5.41, 5.74) is 0.818. The van der Waals surface area contributed by atoms with Crippen LogP contribution in [0, 0.1) is 17.3 Å². The summed E-state index contributed by atoms with van der Waals surface area (Å²) < 4.78 is 5.69. The molecule has 102 valence electrons. The number of benzene rings is 1. The van der Waals surface area contributed by atoms with E-state index in [-0.39, 0.29) is 17.8 Å². The zero-order valence-electron chi connectivity index (χ0n) is 11.4. The first-order chi connectivity index (χ1) is 8.98. The van der Waals surface area contributed by atoms with Crippen LogP contribution in [0.2, 0.25) is 0 Å². The largest absolute Gasteiger partial charge is 0.508 e. The second kappa shape index (κ2) is 4.26. The fourth-order valence-corrected chi connectivity index (χ4v) is 3.89. The summed E-state index contributed by atoms with van der Waals surface area (Å²) in [4.78, 5) is 12.1. The van der Waals surface area contributed by atoms with E-state index in [1.807, 2.05) is 0 Å². The van der Waals surface area contributed by atoms with Gasteiger partial charge in [-0.3, -0.25) is 0 Å². The van der Waals surface area contributed by atoms with Crippen molar-refractivity contribution in [3.8, 4) is 5.75 Å². The third-order valence-electron chi connectivity index (χ3n) is 5.16. The van der Waals surface area contributed by atoms with Gasteiger partial charge in [0.1, 0.15) is 11.9 Å². The van der Waals surface area contributed by atoms with Gasteiger partial charge in [0.25, 0.3) is 0 Å². The fourth-order valence-electron chi connectivity index (χ4n) is 3.89. The number of carbonyl (C=O) groups is 1. The Morgan fingerprint density at radius 1 is 1.26 bits per heavy atom. The molecule has 3 atom stereocenters. The first-order valence-electron chi connectivity index (χ1n) is 6.98. The second-order valence-corrected chi connectivity index (χ2v) is 6.43. The maximum atomic E-state index is 12.1. The molecule has 2 saturated carbocycles. The minimum absolute atomic E-state index is 0.0649. The van der Waals surface area contributed by atoms with Gasteiger partial charge in [0, 0.05) is 5.92 Å². The summed E-state index contributed by atoms with van der Waals surface area (Å²) in [6.45, 7) is 4.59. The molecule has 0 amide bonds. The Morgan fingerprint density at radius 2 is 1.95 bits per heavy atom. The summed E-state index contributed by atoms with van der Waals surface area (Å²) in [5.74, 6) is 1.08. The zero-order chi connectivity index (χ0) is 13.6. The highest BCUT2D eigenvalue weighted by Gasteiger charge is 2.54. The quantitative estimate of drug-likeness (QED) is 0.829. The van der Waals surface area contributed by atoms with Crippen LogP contribution >= 0.6 is 0 Å². The van der Waals surface area contributed by atoms with E-state index in [2.05, 4.69) is 13.8 Å². The van der Waals surface area contributed by atoms with Crippen LogP contribution in [0.5, 0.6) is 5.75 Å². The van der Waals surface area contributed by atoms with Crippen LogP contribution in [0.15, 0.2) is 24.3 Å². The lowest BCUT2D eigenvalue weighted by atomic mass is 9.82. The fraction of sp³-hybridized carbons (Fsp3) is 0.562. The predicted octanol–water partition coefficient (Wildman–Crippen LogP) is 3.37. The molecule has 3 nitrogen and oxygen atoms in total. The standard InChI is InChI=1S/C16H20O3/c1-16(2)11-5-8-13(16)14(9-11)19-15(18)10-3-6-12(17)7-4-10/h3-4,6-7,11,13-14,17H,5,8-9H2,1-2H3/t11-,13+,14+/m0/s1. The van der Waals surface area contributed by atoms with Crippen LogP contribution < -0.4 is 0 Å². The van der Waals surface area contributed by atoms with Crippen molar-refractivity contribution in [1.82, 2.24) is 0 Å². The van der Waals surface area contributed by atoms with E-state index in [0.29, 0.717) is 22.8 Å². The second-order valence-electron chi connectivity index (χ2n) is 6.43. The van der Waals surface area contributed by atoms with Gasteiger partial charge in [0.2, 0.25) is 0 Å². The lowest BCUT2D eigenvalue weighted by Gasteiger charge is -2.26. The van der Waals surface area contributed by atoms with Crippen LogP contribution in [0.4, 0.5) is 0 Å². The van der Waals surface area contributed by atoms with Crippen LogP contribution in [0.1, 0.15) is 43.5 Å². The number of phenolic OH excluding ortho intramolecular Hbond substituents is 1. The smallest absolute Gasteiger partial charge is 0.338 e. The van der Waals surface area contributed by atoms with E-state index in [1.54, 1.807) is 12.1 Å². The molecular formula is C16H20O3. The number of hydrogen-bond donors (Lipinski definition) is 1. The number of aromatic hydroxyl groups is 1. The monoisotopic (exact) mass is 260 g/mol. The zero-order valence-corrected chi connectivity index (χ0v) is 11.4. The van der Waals surface area contributed by atoms with E-state index in [4.69, 9.17) is 4.74 Å². The van der Waals surface area contributed by atoms with Gasteiger partial charge < -0.3 is 9.84 Å². The number of esters is 1. The Morgan fingerprint density at radius 3 is 2.47 bits per heavy atom. The van der Waals surface area contributed by atoms with Crippen molar-refractivity contribution in [3.05, 3.63) is 29.8 Å². The first-order valence-corrected chi connectivity index (χ1v) is 6.98. The number of fused-ring (bicyclic) bond motifs is 2. The predicted molar refractivity (Wildman–Crippen MR) is 71.9 cm³/mol. The van der Waals surface area contributed by atoms with Crippen molar-refractivity contribution in [2.75, 3.05) is 0 Å². The topological polar surface area (TPSA) is 46.5 Å². The van der Waals surface area contributed by atoms with Crippen molar-refractivity contribution in [2.45, 2.75) is 39.2 Å². The van der Waals surface area contributed by atoms with E-state index in [0.717, 1.165) is 6.42 Å². The summed E-state index contributed by atoms with van der Waals surface area (Å²) >= 11 is 0. The van der Waals surface area contributed by atoms with E-state index in [1.165, 1.54) is 25.0 Å². The molecule has 0 unspecified atom stereocenters. The summed E-state index contributed by atoms with van der Waals surface area (Å²) in [7, 11) is 0. The number of carbonyl (C=O) groups excluding carboxylic acids is 1. The van der Waals surface area contributed by atoms with Gasteiger partial charge in [-0.25, -0.2) is 4.79 Å². The van der Waals surface area contributed by atoms with Gasteiger partial charge in [-0.15, -0.1) is 0 Å². The van der Waals surface area contributed by atoms with Gasteiger partial charge in [0.05, 0.1) is 5.56 Å². The summed E-state index contributed by atoms with van der Waals surface area (Å²) in [6, 6.07) is 6.24. The van der Waals surface area contributed by atoms with Gasteiger partial charge in [-0.2, -0.15) is 0 Å². The van der Waals surface area contributed by atoms with Gasteiger partial charge >= 0.3 is 5.97 Å². The molecule has 19 heavy (non-hydrogen) atoms. The van der Waals surface area contributed by atoms with Crippen molar-refractivity contribution >= 4 is 5.97 Å². The SMILES string of the molecule is CC1(C)[C@H]2CC[C@@H]1[C@H](OC(=O)c1ccc(O)cc1)C2. The summed E-state index contributed by atoms with van der Waals surface area (Å²) in [6.07, 6.45) is 3.51. The van der Waals surface area contributed by atoms with Gasteiger partial charge in [-0.1, -0.05) is 13.8 Å². The highest BCUT2D eigenvalue weighted by Crippen LogP contribution is 2.58. The molecule has 0 spiro atoms. The van der Waals surface area contributed by atoms with Crippen molar-refractivity contribution in [2.24, 2.45) is 17.3 Å². The molecule has 3 heteroatoms. The molecule has 0 aliphatic heterocycles. The molecule has 0 aromatic heterocycles. The molecule has 2 fully saturated rings. The number of ether oxygens (including phenoxy) is 1. The molecule has 2 aliphatic rings. The van der Waals surface area contributed by atoms with Crippen LogP contribution in [0.25, 0.3) is 0 Å². The molecule has 0 radical (unpaired) electrons. The number of phenols is 1. The van der Waals surface area contributed by atoms with E-state index >= 15 is 0 Å². The van der Waals surface area contributed by atoms with Crippen LogP contribution in [-0.4, -0.2) is 17.2 Å². The average molecular weight is 260 g/mol. The van der Waals surface area contributed by atoms with E-state index in [9.17, 15) is 9.90 Å². The summed E-state index contributed by atoms with van der Waals surface area (Å²) in [5, 5.41) is 9.23. The van der Waals surface area contributed by atoms with Crippen molar-refractivity contribution in [3.63, 3.8) is 0 Å². The maximum Gasteiger partial charge on any atom is 0.338 e. The molecule has 2 aliphatic carbocycles. The Labute approximate surface area is 113 Å². The average Bonchev–Trinajstić information content (AvgIpc) is 2.78. The van der Waals surface area contributed by atoms with E-state index < -0.39 is 0 Å². The third kappa shape index (κ3) is 2.01. The van der Waals surface area contributed by atoms with Crippen molar-refractivity contribution < 1.29 is 14.6 Å². The molecule has 0 heterocycles. The first kappa shape index (κ1) is 12.5. The normalized spacial score (nSPS) is 31.4. The van der Waals surface area contributed by atoms with Crippen LogP contribution in [-0.2, 0) is 4.74 Å². The van der Waals surface area contributed by atoms with Crippen molar-refractivity contribution in [1.29, 1.82) is 0 Å². The third-order valence-corrected chi connectivity index (χ3v) is 5.16. The highest BCUT2D eigenvalue weighted by molar-refractivity contribution is 5.89. The molecule has 1 N–H and O–H groups in total. The Balaban J connectivity index is 1.70. The van der Waals surface area contributed by atoms with Gasteiger partial charge in [0.15, 0.2) is 0 Å². The Kier molecular flexibility index (Phi) is 2.80. The molecule has 3 rings (SSSR count).